The van der Waals surface area contributed by atoms with Gasteiger partial charge in [0.25, 0.3) is 0 Å². The average molecular weight is 430 g/mol. The highest BCUT2D eigenvalue weighted by atomic mass is 32.2. The van der Waals surface area contributed by atoms with E-state index in [4.69, 9.17) is 5.26 Å². The maximum Gasteiger partial charge on any atom is 0.240 e. The number of thiocyanates is 1. The molecule has 1 unspecified atom stereocenters. The Kier molecular flexibility index (Phi) is 7.25. The van der Waals surface area contributed by atoms with Crippen LogP contribution in [-0.2, 0) is 9.59 Å². The van der Waals surface area contributed by atoms with Gasteiger partial charge in [-0.05, 0) is 69.3 Å². The number of hydrogen-bond acceptors (Lipinski definition) is 7. The van der Waals surface area contributed by atoms with Crippen molar-refractivity contribution >= 4 is 45.7 Å². The lowest BCUT2D eigenvalue weighted by Crippen LogP contribution is -2.43. The smallest absolute Gasteiger partial charge is 0.240 e. The van der Waals surface area contributed by atoms with Crippen LogP contribution in [-0.4, -0.2) is 41.3 Å². The maximum atomic E-state index is 12.6. The highest BCUT2D eigenvalue weighted by molar-refractivity contribution is 8.03. The Hall–Kier alpha value is -2.41. The Bertz CT molecular complexity index is 900. The molecule has 1 aliphatic rings. The number of thioether (sulfide) groups is 1. The van der Waals surface area contributed by atoms with Crippen molar-refractivity contribution in [3.05, 3.63) is 34.8 Å². The summed E-state index contributed by atoms with van der Waals surface area (Å²) in [6.45, 7) is 5.50. The second-order valence-electron chi connectivity index (χ2n) is 6.99. The van der Waals surface area contributed by atoms with Crippen LogP contribution in [0.3, 0.4) is 0 Å². The summed E-state index contributed by atoms with van der Waals surface area (Å²) < 4.78 is 0. The minimum Gasteiger partial charge on any atom is -0.326 e. The third kappa shape index (κ3) is 6.03. The zero-order valence-corrected chi connectivity index (χ0v) is 18.0. The van der Waals surface area contributed by atoms with Crippen molar-refractivity contribution in [3.63, 3.8) is 0 Å². The second-order valence-corrected chi connectivity index (χ2v) is 9.05. The van der Waals surface area contributed by atoms with E-state index in [1.54, 1.807) is 12.1 Å². The molecule has 0 spiro atoms. The predicted molar refractivity (Wildman–Crippen MR) is 116 cm³/mol. The summed E-state index contributed by atoms with van der Waals surface area (Å²) >= 11 is 2.55. The van der Waals surface area contributed by atoms with E-state index in [0.29, 0.717) is 17.4 Å². The van der Waals surface area contributed by atoms with Gasteiger partial charge in [0, 0.05) is 22.0 Å². The normalized spacial score (nSPS) is 16.8. The van der Waals surface area contributed by atoms with Crippen LogP contribution in [0, 0.1) is 30.4 Å². The zero-order valence-electron chi connectivity index (χ0n) is 16.4. The molecule has 0 bridgehead atoms. The fraction of sp³-hybridized carbons (Fsp3) is 0.400. The molecular weight excluding hydrogens is 406 g/mol. The van der Waals surface area contributed by atoms with Crippen LogP contribution in [0.2, 0.25) is 0 Å². The van der Waals surface area contributed by atoms with E-state index in [1.807, 2.05) is 36.3 Å². The summed E-state index contributed by atoms with van der Waals surface area (Å²) in [5.41, 5.74) is 1.64. The number of anilines is 2. The third-order valence-corrected chi connectivity index (χ3v) is 6.39. The Morgan fingerprint density at radius 1 is 1.31 bits per heavy atom. The van der Waals surface area contributed by atoms with Gasteiger partial charge in [-0.2, -0.15) is 5.26 Å². The minimum atomic E-state index is -0.158. The summed E-state index contributed by atoms with van der Waals surface area (Å²) in [5.74, 6) is -0.304. The lowest BCUT2D eigenvalue weighted by atomic mass is 9.97. The van der Waals surface area contributed by atoms with Gasteiger partial charge >= 0.3 is 0 Å². The van der Waals surface area contributed by atoms with E-state index in [1.165, 1.54) is 11.3 Å². The number of nitrogens with one attached hydrogen (secondary N) is 2. The highest BCUT2D eigenvalue weighted by Gasteiger charge is 2.27. The highest BCUT2D eigenvalue weighted by Crippen LogP contribution is 2.23. The summed E-state index contributed by atoms with van der Waals surface area (Å²) in [4.78, 5) is 33.3. The van der Waals surface area contributed by atoms with E-state index >= 15 is 0 Å². The molecule has 1 fully saturated rings. The molecule has 0 radical (unpaired) electrons. The van der Waals surface area contributed by atoms with Gasteiger partial charge in [-0.1, -0.05) is 0 Å². The van der Waals surface area contributed by atoms with E-state index in [0.717, 1.165) is 46.6 Å². The molecule has 1 atom stereocenters. The van der Waals surface area contributed by atoms with Gasteiger partial charge in [-0.3, -0.25) is 14.5 Å². The van der Waals surface area contributed by atoms with E-state index in [2.05, 4.69) is 15.6 Å². The van der Waals surface area contributed by atoms with Crippen molar-refractivity contribution < 1.29 is 9.59 Å². The Morgan fingerprint density at radius 3 is 2.72 bits per heavy atom. The number of nitriles is 1. The number of amides is 2. The van der Waals surface area contributed by atoms with Gasteiger partial charge in [0.15, 0.2) is 5.13 Å². The fourth-order valence-corrected chi connectivity index (χ4v) is 4.41. The molecule has 1 aliphatic heterocycles. The zero-order chi connectivity index (χ0) is 20.8. The molecule has 7 nitrogen and oxygen atoms in total. The number of aromatic nitrogens is 1. The molecule has 152 valence electrons. The maximum absolute atomic E-state index is 12.6. The molecule has 1 aromatic heterocycles. The van der Waals surface area contributed by atoms with E-state index in [-0.39, 0.29) is 24.3 Å². The van der Waals surface area contributed by atoms with Gasteiger partial charge < -0.3 is 10.6 Å². The summed E-state index contributed by atoms with van der Waals surface area (Å²) in [6.07, 6.45) is 1.68. The Balaban J connectivity index is 1.50. The van der Waals surface area contributed by atoms with Gasteiger partial charge in [-0.25, -0.2) is 4.98 Å². The molecule has 1 saturated heterocycles. The molecular formula is C20H23N5O2S2. The van der Waals surface area contributed by atoms with E-state index in [9.17, 15) is 9.59 Å². The number of nitrogens with zero attached hydrogens (tertiary/aromatic N) is 3. The van der Waals surface area contributed by atoms with Gasteiger partial charge in [0.1, 0.15) is 5.40 Å². The van der Waals surface area contributed by atoms with Crippen LogP contribution in [0.1, 0.15) is 23.4 Å². The quantitative estimate of drug-likeness (QED) is 0.538. The first-order valence-corrected chi connectivity index (χ1v) is 11.0. The molecule has 0 saturated carbocycles. The number of carbonyl (C=O) groups is 2. The standard InChI is InChI=1S/C20H23N5O2S2/c1-13-14(2)29-20(22-13)24-18(26)11-25-9-3-4-15(10-25)19(27)23-16-5-7-17(8-6-16)28-12-21/h5-8,15H,3-4,9-11H2,1-2H3,(H,23,27)(H,22,24,26). The van der Waals surface area contributed by atoms with Crippen molar-refractivity contribution in [3.8, 4) is 5.40 Å². The number of aryl methyl sites for hydroxylation is 2. The number of thiazole rings is 1. The lowest BCUT2D eigenvalue weighted by Gasteiger charge is -2.31. The van der Waals surface area contributed by atoms with Crippen LogP contribution in [0.15, 0.2) is 29.2 Å². The second kappa shape index (κ2) is 9.87. The van der Waals surface area contributed by atoms with Crippen LogP contribution in [0.5, 0.6) is 0 Å². The lowest BCUT2D eigenvalue weighted by molar-refractivity contribution is -0.123. The first-order valence-electron chi connectivity index (χ1n) is 9.37. The molecule has 2 aromatic rings. The molecule has 1 aromatic carbocycles. The van der Waals surface area contributed by atoms with Crippen molar-refractivity contribution in [2.45, 2.75) is 31.6 Å². The van der Waals surface area contributed by atoms with Crippen molar-refractivity contribution in [2.24, 2.45) is 5.92 Å². The Labute approximate surface area is 178 Å². The number of benzene rings is 1. The molecule has 2 N–H and O–H groups in total. The van der Waals surface area contributed by atoms with Crippen LogP contribution in [0.25, 0.3) is 0 Å². The molecule has 3 rings (SSSR count). The number of piperidine rings is 1. The summed E-state index contributed by atoms with van der Waals surface area (Å²) in [6, 6.07) is 7.21. The molecule has 9 heteroatoms. The summed E-state index contributed by atoms with van der Waals surface area (Å²) in [7, 11) is 0. The van der Waals surface area contributed by atoms with E-state index < -0.39 is 0 Å². The van der Waals surface area contributed by atoms with Crippen molar-refractivity contribution in [1.29, 1.82) is 5.26 Å². The SMILES string of the molecule is Cc1nc(NC(=O)CN2CCCC(C(=O)Nc3ccc(SC#N)cc3)C2)sc1C. The Morgan fingerprint density at radius 2 is 2.07 bits per heavy atom. The van der Waals surface area contributed by atoms with Gasteiger partial charge in [0.05, 0.1) is 18.2 Å². The molecule has 0 aliphatic carbocycles. The van der Waals surface area contributed by atoms with Crippen LogP contribution >= 0.6 is 23.1 Å². The first-order chi connectivity index (χ1) is 13.9. The first kappa shape index (κ1) is 21.3. The molecule has 2 amide bonds. The van der Waals surface area contributed by atoms with Crippen LogP contribution < -0.4 is 10.6 Å². The van der Waals surface area contributed by atoms with Crippen molar-refractivity contribution in [2.75, 3.05) is 30.3 Å². The number of likely N-dealkylation sites (tertiary alicyclic amines) is 1. The largest absolute Gasteiger partial charge is 0.326 e. The monoisotopic (exact) mass is 429 g/mol. The minimum absolute atomic E-state index is 0.0398. The van der Waals surface area contributed by atoms with Gasteiger partial charge in [0.2, 0.25) is 11.8 Å². The molecule has 2 heterocycles. The number of carbonyl (C=O) groups excluding carboxylic acids is 2. The number of rotatable bonds is 6. The van der Waals surface area contributed by atoms with Crippen LogP contribution in [0.4, 0.5) is 10.8 Å². The predicted octanol–water partition coefficient (Wildman–Crippen LogP) is 3.62. The average Bonchev–Trinajstić information content (AvgIpc) is 3.00. The third-order valence-electron chi connectivity index (χ3n) is 4.80. The van der Waals surface area contributed by atoms with Crippen molar-refractivity contribution in [1.82, 2.24) is 9.88 Å². The molecule has 29 heavy (non-hydrogen) atoms. The topological polar surface area (TPSA) is 98.1 Å². The van der Waals surface area contributed by atoms with Gasteiger partial charge in [-0.15, -0.1) is 11.3 Å². The fourth-order valence-electron chi connectivity index (χ4n) is 3.20. The summed E-state index contributed by atoms with van der Waals surface area (Å²) in [5, 5.41) is 17.1. The number of hydrogen-bond donors (Lipinski definition) is 2.